The highest BCUT2D eigenvalue weighted by atomic mass is 16.5. The van der Waals surface area contributed by atoms with Crippen molar-refractivity contribution in [3.63, 3.8) is 0 Å². The molecule has 1 N–H and O–H groups in total. The lowest BCUT2D eigenvalue weighted by atomic mass is 10.4. The Balaban J connectivity index is 2.72. The molecule has 0 atom stereocenters. The first-order valence-corrected chi connectivity index (χ1v) is 2.81. The molecule has 0 saturated carbocycles. The van der Waals surface area contributed by atoms with E-state index in [1.165, 1.54) is 0 Å². The molecule has 49 valence electrons. The monoisotopic (exact) mass is 117 g/mol. The predicted molar refractivity (Wildman–Crippen MR) is 32.2 cm³/mol. The second kappa shape index (κ2) is 5.06. The number of aliphatic hydroxyl groups excluding tert-OH is 1. The summed E-state index contributed by atoms with van der Waals surface area (Å²) >= 11 is 0. The summed E-state index contributed by atoms with van der Waals surface area (Å²) in [6.45, 7) is 4.65. The fourth-order valence-corrected chi connectivity index (χ4v) is 0.341. The Labute approximate surface area is 50.5 Å². The number of aliphatic hydroxyl groups is 1. The Bertz CT molecular complexity index is 43.8. The Morgan fingerprint density at radius 1 is 1.50 bits per heavy atom. The van der Waals surface area contributed by atoms with Crippen molar-refractivity contribution < 1.29 is 9.84 Å². The molecular weight excluding hydrogens is 104 g/mol. The minimum Gasteiger partial charge on any atom is -0.396 e. The van der Waals surface area contributed by atoms with Crippen molar-refractivity contribution >= 4 is 0 Å². The number of ether oxygens (including phenoxy) is 1. The van der Waals surface area contributed by atoms with Gasteiger partial charge < -0.3 is 9.84 Å². The maximum Gasteiger partial charge on any atom is 0.0909 e. The van der Waals surface area contributed by atoms with Gasteiger partial charge in [-0.25, -0.2) is 0 Å². The van der Waals surface area contributed by atoms with Crippen molar-refractivity contribution in [2.75, 3.05) is 13.2 Å². The Hall–Kier alpha value is -0.0800. The molecule has 0 saturated heterocycles. The third-order valence-electron chi connectivity index (χ3n) is 0.693. The van der Waals surface area contributed by atoms with Crippen molar-refractivity contribution in [3.8, 4) is 0 Å². The molecule has 0 spiro atoms. The summed E-state index contributed by atoms with van der Waals surface area (Å²) in [7, 11) is 0. The van der Waals surface area contributed by atoms with E-state index in [2.05, 4.69) is 0 Å². The number of hydrogen-bond acceptors (Lipinski definition) is 2. The first kappa shape index (κ1) is 7.92. The van der Waals surface area contributed by atoms with Gasteiger partial charge in [-0.05, 0) is 20.3 Å². The molecule has 0 aromatic carbocycles. The summed E-state index contributed by atoms with van der Waals surface area (Å²) in [5.41, 5.74) is 0. The molecule has 0 heterocycles. The van der Waals surface area contributed by atoms with Crippen LogP contribution in [0.15, 0.2) is 0 Å². The highest BCUT2D eigenvalue weighted by Crippen LogP contribution is 1.96. The average Bonchev–Trinajstić information content (AvgIpc) is 1.66. The Morgan fingerprint density at radius 2 is 2.12 bits per heavy atom. The molecule has 8 heavy (non-hydrogen) atoms. The van der Waals surface area contributed by atoms with Crippen LogP contribution >= 0.6 is 0 Å². The van der Waals surface area contributed by atoms with Gasteiger partial charge in [0, 0.05) is 13.2 Å². The zero-order valence-corrected chi connectivity index (χ0v) is 5.48. The smallest absolute Gasteiger partial charge is 0.0909 e. The number of rotatable bonds is 4. The van der Waals surface area contributed by atoms with Gasteiger partial charge in [0.15, 0.2) is 0 Å². The fraction of sp³-hybridized carbons (Fsp3) is 0.833. The van der Waals surface area contributed by atoms with Crippen LogP contribution in [0, 0.1) is 6.10 Å². The van der Waals surface area contributed by atoms with Crippen molar-refractivity contribution in [1.29, 1.82) is 0 Å². The summed E-state index contributed by atoms with van der Waals surface area (Å²) in [5.74, 6) is 0. The topological polar surface area (TPSA) is 29.5 Å². The standard InChI is InChI=1S/C6H13O2/c1-6(2)8-5-3-4-7/h7H,3-5H2,1-2H3. The van der Waals surface area contributed by atoms with Crippen molar-refractivity contribution in [3.05, 3.63) is 6.10 Å². The summed E-state index contributed by atoms with van der Waals surface area (Å²) in [6, 6.07) is 0. The predicted octanol–water partition coefficient (Wildman–Crippen LogP) is 0.957. The van der Waals surface area contributed by atoms with Gasteiger partial charge in [-0.1, -0.05) is 0 Å². The third-order valence-corrected chi connectivity index (χ3v) is 0.693. The molecule has 1 radical (unpaired) electrons. The lowest BCUT2D eigenvalue weighted by Gasteiger charge is -2.02. The van der Waals surface area contributed by atoms with E-state index in [1.807, 2.05) is 13.8 Å². The maximum absolute atomic E-state index is 8.29. The lowest BCUT2D eigenvalue weighted by Crippen LogP contribution is -1.98. The van der Waals surface area contributed by atoms with E-state index < -0.39 is 0 Å². The Morgan fingerprint density at radius 3 is 2.50 bits per heavy atom. The molecular formula is C6H13O2. The quantitative estimate of drug-likeness (QED) is 0.556. The van der Waals surface area contributed by atoms with Crippen LogP contribution in [0.4, 0.5) is 0 Å². The zero-order valence-electron chi connectivity index (χ0n) is 5.48. The van der Waals surface area contributed by atoms with E-state index in [0.29, 0.717) is 6.61 Å². The fourth-order valence-electron chi connectivity index (χ4n) is 0.341. The second-order valence-electron chi connectivity index (χ2n) is 1.83. The third kappa shape index (κ3) is 5.92. The van der Waals surface area contributed by atoms with Crippen molar-refractivity contribution in [2.45, 2.75) is 20.3 Å². The van der Waals surface area contributed by atoms with Gasteiger partial charge in [-0.15, -0.1) is 0 Å². The van der Waals surface area contributed by atoms with E-state index in [-0.39, 0.29) is 6.61 Å². The minimum absolute atomic E-state index is 0.216. The highest BCUT2D eigenvalue weighted by Gasteiger charge is 1.90. The molecule has 0 unspecified atom stereocenters. The molecule has 0 aliphatic rings. The van der Waals surface area contributed by atoms with Crippen LogP contribution in [-0.4, -0.2) is 18.3 Å². The molecule has 2 nitrogen and oxygen atoms in total. The summed E-state index contributed by atoms with van der Waals surface area (Å²) < 4.78 is 5.04. The van der Waals surface area contributed by atoms with E-state index in [4.69, 9.17) is 9.84 Å². The van der Waals surface area contributed by atoms with Gasteiger partial charge in [-0.2, -0.15) is 0 Å². The molecule has 0 fully saturated rings. The zero-order chi connectivity index (χ0) is 6.41. The summed E-state index contributed by atoms with van der Waals surface area (Å²) in [4.78, 5) is 0. The minimum atomic E-state index is 0.216. The normalized spacial score (nSPS) is 10.5. The molecule has 0 aliphatic heterocycles. The first-order chi connectivity index (χ1) is 3.77. The molecule has 0 amide bonds. The van der Waals surface area contributed by atoms with Crippen molar-refractivity contribution in [1.82, 2.24) is 0 Å². The van der Waals surface area contributed by atoms with E-state index in [0.717, 1.165) is 12.5 Å². The number of hydrogen-bond donors (Lipinski definition) is 1. The van der Waals surface area contributed by atoms with E-state index in [1.54, 1.807) is 0 Å². The second-order valence-corrected chi connectivity index (χ2v) is 1.83. The van der Waals surface area contributed by atoms with Crippen LogP contribution in [-0.2, 0) is 4.74 Å². The van der Waals surface area contributed by atoms with Gasteiger partial charge >= 0.3 is 0 Å². The molecule has 0 aliphatic carbocycles. The van der Waals surface area contributed by atoms with E-state index in [9.17, 15) is 0 Å². The van der Waals surface area contributed by atoms with Crippen LogP contribution in [0.2, 0.25) is 0 Å². The summed E-state index contributed by atoms with van der Waals surface area (Å²) in [6.07, 6.45) is 1.68. The largest absolute Gasteiger partial charge is 0.396 e. The SMILES string of the molecule is C[C](C)OCCCO. The molecule has 0 aromatic heterocycles. The average molecular weight is 117 g/mol. The van der Waals surface area contributed by atoms with Crippen LogP contribution < -0.4 is 0 Å². The van der Waals surface area contributed by atoms with E-state index >= 15 is 0 Å². The van der Waals surface area contributed by atoms with Crippen LogP contribution in [0.5, 0.6) is 0 Å². The lowest BCUT2D eigenvalue weighted by molar-refractivity contribution is 0.134. The van der Waals surface area contributed by atoms with Crippen LogP contribution in [0.25, 0.3) is 0 Å². The van der Waals surface area contributed by atoms with Crippen molar-refractivity contribution in [2.24, 2.45) is 0 Å². The van der Waals surface area contributed by atoms with Gasteiger partial charge in [0.05, 0.1) is 6.10 Å². The molecule has 2 heteroatoms. The van der Waals surface area contributed by atoms with Crippen LogP contribution in [0.3, 0.4) is 0 Å². The highest BCUT2D eigenvalue weighted by molar-refractivity contribution is 4.59. The van der Waals surface area contributed by atoms with Crippen LogP contribution in [0.1, 0.15) is 20.3 Å². The molecule has 0 aromatic rings. The van der Waals surface area contributed by atoms with Gasteiger partial charge in [0.1, 0.15) is 0 Å². The molecule has 0 bridgehead atoms. The first-order valence-electron chi connectivity index (χ1n) is 2.81. The summed E-state index contributed by atoms with van der Waals surface area (Å²) in [5, 5.41) is 8.29. The van der Waals surface area contributed by atoms with Gasteiger partial charge in [0.2, 0.25) is 0 Å². The van der Waals surface area contributed by atoms with Gasteiger partial charge in [-0.3, -0.25) is 0 Å². The van der Waals surface area contributed by atoms with Gasteiger partial charge in [0.25, 0.3) is 0 Å². The maximum atomic E-state index is 8.29. The molecule has 0 rings (SSSR count). The Kier molecular flexibility index (Phi) is 5.01.